The van der Waals surface area contributed by atoms with Crippen molar-refractivity contribution in [2.75, 3.05) is 19.0 Å². The Kier molecular flexibility index (Phi) is 8.99. The molecule has 0 aliphatic heterocycles. The highest BCUT2D eigenvalue weighted by molar-refractivity contribution is 7.16. The zero-order valence-electron chi connectivity index (χ0n) is 22.3. The molecule has 1 heterocycles. The number of hydrogen-bond donors (Lipinski definition) is 1. The lowest BCUT2D eigenvalue weighted by Gasteiger charge is -2.13. The number of nitro groups is 1. The number of nitro benzene ring substituents is 1. The number of amides is 1. The molecule has 0 fully saturated rings. The highest BCUT2D eigenvalue weighted by Gasteiger charge is 2.25. The largest absolute Gasteiger partial charge is 0.493 e. The summed E-state index contributed by atoms with van der Waals surface area (Å²) in [6.07, 6.45) is 12.9. The third-order valence-corrected chi connectivity index (χ3v) is 7.84. The number of nitrogens with one attached hydrogen (secondary N) is 1. The van der Waals surface area contributed by atoms with Crippen molar-refractivity contribution in [3.63, 3.8) is 0 Å². The van der Waals surface area contributed by atoms with Crippen LogP contribution in [-0.2, 0) is 12.8 Å². The van der Waals surface area contributed by atoms with E-state index in [1.807, 2.05) is 32.0 Å². The molecule has 3 aromatic rings. The molecule has 1 amide bonds. The van der Waals surface area contributed by atoms with Gasteiger partial charge in [-0.05, 0) is 62.3 Å². The molecule has 8 nitrogen and oxygen atoms in total. The lowest BCUT2D eigenvalue weighted by Crippen LogP contribution is -2.15. The van der Waals surface area contributed by atoms with E-state index < -0.39 is 4.92 Å². The minimum atomic E-state index is -0.509. The van der Waals surface area contributed by atoms with E-state index in [1.165, 1.54) is 36.8 Å². The van der Waals surface area contributed by atoms with E-state index in [-0.39, 0.29) is 29.7 Å². The minimum Gasteiger partial charge on any atom is -0.493 e. The molecule has 1 aliphatic rings. The van der Waals surface area contributed by atoms with Gasteiger partial charge in [0, 0.05) is 28.4 Å². The molecule has 39 heavy (non-hydrogen) atoms. The molecule has 0 saturated heterocycles. The summed E-state index contributed by atoms with van der Waals surface area (Å²) in [5, 5.41) is 15.2. The monoisotopic (exact) mass is 545 g/mol. The molecule has 0 bridgehead atoms. The lowest BCUT2D eigenvalue weighted by molar-refractivity contribution is -0.385. The zero-order chi connectivity index (χ0) is 27.9. The Balaban J connectivity index is 1.81. The maximum atomic E-state index is 13.8. The van der Waals surface area contributed by atoms with Crippen LogP contribution < -0.4 is 14.8 Å². The number of methoxy groups -OCH3 is 1. The number of thiophene rings is 1. The predicted octanol–water partition coefficient (Wildman–Crippen LogP) is 6.96. The Morgan fingerprint density at radius 1 is 1.21 bits per heavy atom. The SMILES string of the molecule is C#CCOc1c(C=Nc2sc3c(c2C(=O)Nc2cc(C)ccc2C)CCCCCC3)cc([N+](=O)[O-])cc1OC. The fourth-order valence-electron chi connectivity index (χ4n) is 4.64. The number of aryl methyl sites for hydroxylation is 3. The highest BCUT2D eigenvalue weighted by Crippen LogP contribution is 2.40. The minimum absolute atomic E-state index is 0.0498. The number of ether oxygens (including phenoxy) is 2. The Hall–Kier alpha value is -4.16. The van der Waals surface area contributed by atoms with Gasteiger partial charge < -0.3 is 14.8 Å². The van der Waals surface area contributed by atoms with Crippen molar-refractivity contribution in [1.82, 2.24) is 0 Å². The van der Waals surface area contributed by atoms with E-state index in [0.717, 1.165) is 65.8 Å². The van der Waals surface area contributed by atoms with Gasteiger partial charge in [0.2, 0.25) is 0 Å². The van der Waals surface area contributed by atoms with Crippen molar-refractivity contribution in [3.8, 4) is 23.8 Å². The normalized spacial score (nSPS) is 13.2. The summed E-state index contributed by atoms with van der Waals surface area (Å²) < 4.78 is 11.0. The Bertz CT molecular complexity index is 1470. The number of non-ortho nitro benzene ring substituents is 1. The Morgan fingerprint density at radius 2 is 1.97 bits per heavy atom. The summed E-state index contributed by atoms with van der Waals surface area (Å²) >= 11 is 1.50. The van der Waals surface area contributed by atoms with Crippen molar-refractivity contribution in [1.29, 1.82) is 0 Å². The number of benzene rings is 2. The van der Waals surface area contributed by atoms with E-state index in [1.54, 1.807) is 0 Å². The van der Waals surface area contributed by atoms with E-state index >= 15 is 0 Å². The van der Waals surface area contributed by atoms with Crippen LogP contribution in [0.5, 0.6) is 11.5 Å². The third kappa shape index (κ3) is 6.47. The maximum Gasteiger partial charge on any atom is 0.274 e. The average molecular weight is 546 g/mol. The highest BCUT2D eigenvalue weighted by atomic mass is 32.1. The first-order chi connectivity index (χ1) is 18.8. The number of fused-ring (bicyclic) bond motifs is 1. The lowest BCUT2D eigenvalue weighted by atomic mass is 9.96. The van der Waals surface area contributed by atoms with E-state index in [4.69, 9.17) is 20.9 Å². The van der Waals surface area contributed by atoms with Gasteiger partial charge in [-0.2, -0.15) is 0 Å². The second kappa shape index (κ2) is 12.6. The number of anilines is 1. The molecular weight excluding hydrogens is 514 g/mol. The molecule has 0 saturated carbocycles. The van der Waals surface area contributed by atoms with Crippen LogP contribution in [0.3, 0.4) is 0 Å². The van der Waals surface area contributed by atoms with Crippen LogP contribution in [-0.4, -0.2) is 30.8 Å². The fourth-order valence-corrected chi connectivity index (χ4v) is 5.87. The van der Waals surface area contributed by atoms with Crippen LogP contribution in [0.1, 0.15) is 63.2 Å². The van der Waals surface area contributed by atoms with Gasteiger partial charge in [0.05, 0.1) is 23.7 Å². The molecule has 0 radical (unpaired) electrons. The predicted molar refractivity (Wildman–Crippen MR) is 155 cm³/mol. The summed E-state index contributed by atoms with van der Waals surface area (Å²) in [5.74, 6) is 2.61. The van der Waals surface area contributed by atoms with Crippen LogP contribution in [0.4, 0.5) is 16.4 Å². The van der Waals surface area contributed by atoms with Crippen molar-refractivity contribution in [2.45, 2.75) is 52.4 Å². The second-order valence-electron chi connectivity index (χ2n) is 9.45. The Labute approximate surface area is 232 Å². The quantitative estimate of drug-likeness (QED) is 0.143. The van der Waals surface area contributed by atoms with Crippen LogP contribution in [0.25, 0.3) is 0 Å². The molecule has 0 spiro atoms. The van der Waals surface area contributed by atoms with Gasteiger partial charge in [0.25, 0.3) is 11.6 Å². The van der Waals surface area contributed by atoms with Crippen LogP contribution in [0.15, 0.2) is 35.3 Å². The molecule has 9 heteroatoms. The summed E-state index contributed by atoms with van der Waals surface area (Å²) in [7, 11) is 1.40. The van der Waals surface area contributed by atoms with Crippen molar-refractivity contribution >= 4 is 39.8 Å². The van der Waals surface area contributed by atoms with Gasteiger partial charge >= 0.3 is 0 Å². The fraction of sp³-hybridized carbons (Fsp3) is 0.333. The van der Waals surface area contributed by atoms with Crippen LogP contribution >= 0.6 is 11.3 Å². The van der Waals surface area contributed by atoms with E-state index in [9.17, 15) is 14.9 Å². The first kappa shape index (κ1) is 27.9. The summed E-state index contributed by atoms with van der Waals surface area (Å²) in [6.45, 7) is 3.89. The van der Waals surface area contributed by atoms with Gasteiger partial charge in [0.15, 0.2) is 11.5 Å². The number of carbonyl (C=O) groups excluding carboxylic acids is 1. The first-order valence-electron chi connectivity index (χ1n) is 12.8. The number of terminal acetylenes is 1. The molecule has 202 valence electrons. The summed E-state index contributed by atoms with van der Waals surface area (Å²) in [5.41, 5.74) is 4.53. The maximum absolute atomic E-state index is 13.8. The Morgan fingerprint density at radius 3 is 2.69 bits per heavy atom. The van der Waals surface area contributed by atoms with Gasteiger partial charge in [-0.15, -0.1) is 17.8 Å². The second-order valence-corrected chi connectivity index (χ2v) is 10.5. The topological polar surface area (TPSA) is 103 Å². The third-order valence-electron chi connectivity index (χ3n) is 6.64. The molecule has 0 unspecified atom stereocenters. The van der Waals surface area contributed by atoms with Gasteiger partial charge in [-0.25, -0.2) is 4.99 Å². The van der Waals surface area contributed by atoms with Crippen molar-refractivity contribution in [2.24, 2.45) is 4.99 Å². The average Bonchev–Trinajstić information content (AvgIpc) is 3.24. The van der Waals surface area contributed by atoms with E-state index in [0.29, 0.717) is 16.1 Å². The van der Waals surface area contributed by atoms with Gasteiger partial charge in [-0.3, -0.25) is 14.9 Å². The first-order valence-corrected chi connectivity index (χ1v) is 13.6. The molecule has 1 aliphatic carbocycles. The number of nitrogens with zero attached hydrogens (tertiary/aromatic N) is 2. The number of rotatable bonds is 8. The van der Waals surface area contributed by atoms with Crippen LogP contribution in [0.2, 0.25) is 0 Å². The summed E-state index contributed by atoms with van der Waals surface area (Å²) in [6, 6.07) is 8.58. The van der Waals surface area contributed by atoms with Gasteiger partial charge in [-0.1, -0.05) is 30.9 Å². The van der Waals surface area contributed by atoms with Crippen LogP contribution in [0, 0.1) is 36.3 Å². The van der Waals surface area contributed by atoms with Gasteiger partial charge in [0.1, 0.15) is 11.6 Å². The molecular formula is C30H31N3O5S. The number of hydrogen-bond acceptors (Lipinski definition) is 7. The summed E-state index contributed by atoms with van der Waals surface area (Å²) in [4.78, 5) is 30.7. The van der Waals surface area contributed by atoms with E-state index in [2.05, 4.69) is 11.2 Å². The number of aliphatic imine (C=N–C) groups is 1. The molecule has 0 atom stereocenters. The van der Waals surface area contributed by atoms with Crippen molar-refractivity contribution in [3.05, 3.63) is 73.1 Å². The zero-order valence-corrected chi connectivity index (χ0v) is 23.2. The molecule has 1 N–H and O–H groups in total. The molecule has 1 aromatic heterocycles. The standard InChI is InChI=1S/C30H31N3O5S/c1-5-14-38-28-21(16-22(33(35)36)17-25(28)37-4)18-31-30-27(23-10-8-6-7-9-11-26(23)39-30)29(34)32-24-15-19(2)12-13-20(24)3/h1,12-13,15-18H,6-11,14H2,2-4H3,(H,32,34). The molecule has 4 rings (SSSR count). The van der Waals surface area contributed by atoms with Crippen molar-refractivity contribution < 1.29 is 19.2 Å². The number of carbonyl (C=O) groups is 1. The molecule has 2 aromatic carbocycles. The smallest absolute Gasteiger partial charge is 0.274 e.